The molecular weight excluding hydrogens is 305 g/mol. The van der Waals surface area contributed by atoms with Crippen molar-refractivity contribution in [1.29, 1.82) is 0 Å². The van der Waals surface area contributed by atoms with Crippen LogP contribution in [-0.4, -0.2) is 19.1 Å². The lowest BCUT2D eigenvalue weighted by Crippen LogP contribution is -2.29. The van der Waals surface area contributed by atoms with Crippen molar-refractivity contribution < 1.29 is 13.9 Å². The predicted octanol–water partition coefficient (Wildman–Crippen LogP) is 3.53. The molecule has 116 valence electrons. The smallest absolute Gasteiger partial charge is 0.224 e. The summed E-state index contributed by atoms with van der Waals surface area (Å²) in [7, 11) is 0. The van der Waals surface area contributed by atoms with Gasteiger partial charge in [-0.3, -0.25) is 4.79 Å². The first-order valence-corrected chi connectivity index (χ1v) is 7.33. The second-order valence-electron chi connectivity index (χ2n) is 4.89. The molecule has 22 heavy (non-hydrogen) atoms. The summed E-state index contributed by atoms with van der Waals surface area (Å²) in [5, 5.41) is 2.93. The van der Waals surface area contributed by atoms with Gasteiger partial charge in [0.05, 0.1) is 13.0 Å². The Morgan fingerprint density at radius 2 is 1.95 bits per heavy atom. The summed E-state index contributed by atoms with van der Waals surface area (Å²) < 4.78 is 19.1. The van der Waals surface area contributed by atoms with Crippen molar-refractivity contribution >= 4 is 17.5 Å². The van der Waals surface area contributed by atoms with E-state index in [4.69, 9.17) is 16.3 Å². The van der Waals surface area contributed by atoms with E-state index in [9.17, 15) is 9.18 Å². The van der Waals surface area contributed by atoms with Crippen LogP contribution in [0.3, 0.4) is 0 Å². The zero-order chi connectivity index (χ0) is 15.9. The van der Waals surface area contributed by atoms with E-state index in [-0.39, 0.29) is 22.9 Å². The Hall–Kier alpha value is -2.07. The van der Waals surface area contributed by atoms with Gasteiger partial charge in [0.25, 0.3) is 0 Å². The van der Waals surface area contributed by atoms with Crippen LogP contribution in [0.25, 0.3) is 0 Å². The second kappa shape index (κ2) is 7.80. The van der Waals surface area contributed by atoms with Crippen LogP contribution in [0.4, 0.5) is 4.39 Å². The Bertz CT molecular complexity index is 623. The van der Waals surface area contributed by atoms with E-state index < -0.39 is 5.82 Å². The van der Waals surface area contributed by atoms with Crippen molar-refractivity contribution in [1.82, 2.24) is 5.32 Å². The fourth-order valence-electron chi connectivity index (χ4n) is 1.92. The molecule has 0 heterocycles. The topological polar surface area (TPSA) is 38.3 Å². The maximum Gasteiger partial charge on any atom is 0.224 e. The van der Waals surface area contributed by atoms with Gasteiger partial charge in [-0.25, -0.2) is 4.39 Å². The first kappa shape index (κ1) is 16.3. The maximum atomic E-state index is 13.6. The second-order valence-corrected chi connectivity index (χ2v) is 5.30. The minimum Gasteiger partial charge on any atom is -0.492 e. The number of nitrogens with one attached hydrogen (secondary N) is 1. The van der Waals surface area contributed by atoms with Crippen LogP contribution in [-0.2, 0) is 11.2 Å². The summed E-state index contributed by atoms with van der Waals surface area (Å²) >= 11 is 5.88. The van der Waals surface area contributed by atoms with Crippen LogP contribution in [0.15, 0.2) is 42.5 Å². The zero-order valence-corrected chi connectivity index (χ0v) is 13.0. The Morgan fingerprint density at radius 3 is 2.64 bits per heavy atom. The van der Waals surface area contributed by atoms with Crippen LogP contribution < -0.4 is 10.1 Å². The lowest BCUT2D eigenvalue weighted by Gasteiger charge is -2.09. The number of carbonyl (C=O) groups excluding carboxylic acids is 1. The Morgan fingerprint density at radius 1 is 1.23 bits per heavy atom. The number of benzene rings is 2. The Balaban J connectivity index is 1.75. The van der Waals surface area contributed by atoms with Gasteiger partial charge >= 0.3 is 0 Å². The highest BCUT2D eigenvalue weighted by atomic mass is 35.5. The zero-order valence-electron chi connectivity index (χ0n) is 12.2. The third-order valence-electron chi connectivity index (χ3n) is 3.11. The largest absolute Gasteiger partial charge is 0.492 e. The summed E-state index contributed by atoms with van der Waals surface area (Å²) in [6.07, 6.45) is -0.0873. The molecule has 0 aliphatic heterocycles. The number of aryl methyl sites for hydroxylation is 1. The van der Waals surface area contributed by atoms with Gasteiger partial charge in [-0.1, -0.05) is 35.4 Å². The van der Waals surface area contributed by atoms with Gasteiger partial charge in [-0.15, -0.1) is 0 Å². The summed E-state index contributed by atoms with van der Waals surface area (Å²) in [5.41, 5.74) is 1.36. The molecule has 1 amide bonds. The van der Waals surface area contributed by atoms with E-state index in [2.05, 4.69) is 5.32 Å². The molecule has 3 nitrogen and oxygen atoms in total. The molecule has 0 saturated heterocycles. The Kier molecular flexibility index (Phi) is 5.78. The van der Waals surface area contributed by atoms with E-state index in [0.29, 0.717) is 13.2 Å². The minimum absolute atomic E-state index is 0.0873. The van der Waals surface area contributed by atoms with Gasteiger partial charge in [0.15, 0.2) is 0 Å². The van der Waals surface area contributed by atoms with Crippen LogP contribution in [0.5, 0.6) is 5.75 Å². The molecule has 0 aromatic heterocycles. The molecule has 2 aromatic carbocycles. The molecule has 0 atom stereocenters. The predicted molar refractivity (Wildman–Crippen MR) is 84.8 cm³/mol. The van der Waals surface area contributed by atoms with Gasteiger partial charge in [-0.05, 0) is 31.2 Å². The molecule has 0 aliphatic carbocycles. The van der Waals surface area contributed by atoms with E-state index in [0.717, 1.165) is 11.3 Å². The van der Waals surface area contributed by atoms with E-state index in [1.54, 1.807) is 6.07 Å². The molecule has 2 aromatic rings. The molecule has 0 unspecified atom stereocenters. The molecule has 2 rings (SSSR count). The summed E-state index contributed by atoms with van der Waals surface area (Å²) in [4.78, 5) is 11.8. The number of hydrogen-bond donors (Lipinski definition) is 1. The quantitative estimate of drug-likeness (QED) is 0.827. The monoisotopic (exact) mass is 321 g/mol. The standard InChI is InChI=1S/C17H17ClFNO2/c1-12-5-7-13(8-6-12)22-10-9-20-17(21)11-14-15(18)3-2-4-16(14)19/h2-8H,9-11H2,1H3,(H,20,21). The lowest BCUT2D eigenvalue weighted by molar-refractivity contribution is -0.120. The van der Waals surface area contributed by atoms with Crippen LogP contribution >= 0.6 is 11.6 Å². The van der Waals surface area contributed by atoms with Crippen molar-refractivity contribution in [3.05, 3.63) is 64.4 Å². The maximum absolute atomic E-state index is 13.6. The summed E-state index contributed by atoms with van der Waals surface area (Å²) in [6.45, 7) is 2.69. The van der Waals surface area contributed by atoms with Crippen molar-refractivity contribution in [2.45, 2.75) is 13.3 Å². The highest BCUT2D eigenvalue weighted by molar-refractivity contribution is 6.31. The average Bonchev–Trinajstić information content (AvgIpc) is 2.49. The molecule has 1 N–H and O–H groups in total. The van der Waals surface area contributed by atoms with E-state index >= 15 is 0 Å². The van der Waals surface area contributed by atoms with E-state index in [1.807, 2.05) is 31.2 Å². The van der Waals surface area contributed by atoms with E-state index in [1.165, 1.54) is 12.1 Å². The molecule has 0 saturated carbocycles. The third-order valence-corrected chi connectivity index (χ3v) is 3.47. The fraction of sp³-hybridized carbons (Fsp3) is 0.235. The summed E-state index contributed by atoms with van der Waals surface area (Å²) in [6, 6.07) is 12.0. The SMILES string of the molecule is Cc1ccc(OCCNC(=O)Cc2c(F)cccc2Cl)cc1. The molecule has 0 fully saturated rings. The number of carbonyl (C=O) groups is 1. The first-order valence-electron chi connectivity index (χ1n) is 6.95. The Labute approximate surface area is 134 Å². The number of ether oxygens (including phenoxy) is 1. The van der Waals surface area contributed by atoms with Gasteiger partial charge in [0.2, 0.25) is 5.91 Å². The lowest BCUT2D eigenvalue weighted by atomic mass is 10.1. The molecular formula is C17H17ClFNO2. The van der Waals surface area contributed by atoms with Crippen molar-refractivity contribution in [3.63, 3.8) is 0 Å². The molecule has 0 radical (unpaired) electrons. The number of amides is 1. The van der Waals surface area contributed by atoms with Crippen molar-refractivity contribution in [2.24, 2.45) is 0 Å². The normalized spacial score (nSPS) is 10.3. The molecule has 0 aliphatic rings. The fourth-order valence-corrected chi connectivity index (χ4v) is 2.15. The first-order chi connectivity index (χ1) is 10.6. The van der Waals surface area contributed by atoms with Crippen LogP contribution in [0, 0.1) is 12.7 Å². The minimum atomic E-state index is -0.474. The van der Waals surface area contributed by atoms with Crippen LogP contribution in [0.1, 0.15) is 11.1 Å². The molecule has 0 spiro atoms. The average molecular weight is 322 g/mol. The number of rotatable bonds is 6. The van der Waals surface area contributed by atoms with Gasteiger partial charge in [0.1, 0.15) is 18.2 Å². The van der Waals surface area contributed by atoms with Crippen molar-refractivity contribution in [3.8, 4) is 5.75 Å². The molecule has 0 bridgehead atoms. The van der Waals surface area contributed by atoms with Gasteiger partial charge < -0.3 is 10.1 Å². The van der Waals surface area contributed by atoms with Gasteiger partial charge in [-0.2, -0.15) is 0 Å². The van der Waals surface area contributed by atoms with Gasteiger partial charge in [0, 0.05) is 10.6 Å². The summed E-state index contributed by atoms with van der Waals surface area (Å²) in [5.74, 6) is -0.0185. The number of halogens is 2. The highest BCUT2D eigenvalue weighted by Crippen LogP contribution is 2.19. The highest BCUT2D eigenvalue weighted by Gasteiger charge is 2.11. The third kappa shape index (κ3) is 4.74. The number of hydrogen-bond acceptors (Lipinski definition) is 2. The van der Waals surface area contributed by atoms with Crippen LogP contribution in [0.2, 0.25) is 5.02 Å². The van der Waals surface area contributed by atoms with Crippen molar-refractivity contribution in [2.75, 3.05) is 13.2 Å². The molecule has 5 heteroatoms.